The first-order valence-electron chi connectivity index (χ1n) is 13.4. The number of hydrogen-bond acceptors (Lipinski definition) is 8. The zero-order valence-corrected chi connectivity index (χ0v) is 23.4. The Kier molecular flexibility index (Phi) is 8.11. The summed E-state index contributed by atoms with van der Waals surface area (Å²) < 4.78 is 83.0. The van der Waals surface area contributed by atoms with E-state index in [0.29, 0.717) is 32.1 Å². The molecule has 15 heteroatoms. The van der Waals surface area contributed by atoms with Crippen molar-refractivity contribution in [3.05, 3.63) is 59.6 Å². The Balaban J connectivity index is 1.57. The average molecular weight is 610 g/mol. The molecule has 0 radical (unpaired) electrons. The lowest BCUT2D eigenvalue weighted by Crippen LogP contribution is -2.63. The predicted molar refractivity (Wildman–Crippen MR) is 139 cm³/mol. The highest BCUT2D eigenvalue weighted by Gasteiger charge is 2.49. The average Bonchev–Trinajstić information content (AvgIpc) is 3.43. The molecule has 230 valence electrons. The summed E-state index contributed by atoms with van der Waals surface area (Å²) in [4.78, 5) is 38.0. The minimum Gasteiger partial charge on any atom is -0.444 e. The number of carbonyl (C=O) groups excluding carboxylic acids is 2. The summed E-state index contributed by atoms with van der Waals surface area (Å²) in [6.45, 7) is 5.59. The van der Waals surface area contributed by atoms with Crippen LogP contribution in [0.5, 0.6) is 0 Å². The lowest BCUT2D eigenvalue weighted by molar-refractivity contribution is -0.159. The highest BCUT2D eigenvalue weighted by Crippen LogP contribution is 2.38. The van der Waals surface area contributed by atoms with Gasteiger partial charge >= 0.3 is 18.2 Å². The quantitative estimate of drug-likeness (QED) is 0.354. The minimum atomic E-state index is -4.84. The van der Waals surface area contributed by atoms with Gasteiger partial charge in [0.15, 0.2) is 0 Å². The topological polar surface area (TPSA) is 111 Å². The maximum Gasteiger partial charge on any atom is 0.471 e. The second-order valence-corrected chi connectivity index (χ2v) is 11.3. The summed E-state index contributed by atoms with van der Waals surface area (Å²) in [6, 6.07) is 3.38. The van der Waals surface area contributed by atoms with Crippen LogP contribution >= 0.6 is 0 Å². The van der Waals surface area contributed by atoms with E-state index in [1.165, 1.54) is 21.9 Å². The number of nitrogens with zero attached hydrogens (tertiary/aromatic N) is 5. The number of piperazine rings is 1. The second kappa shape index (κ2) is 11.5. The fourth-order valence-corrected chi connectivity index (χ4v) is 5.22. The van der Waals surface area contributed by atoms with E-state index in [1.54, 1.807) is 20.8 Å². The normalized spacial score (nSPS) is 20.4. The Morgan fingerprint density at radius 3 is 2.28 bits per heavy atom. The number of anilines is 1. The number of pyridine rings is 1. The first-order chi connectivity index (χ1) is 20.2. The molecule has 3 aromatic rings. The van der Waals surface area contributed by atoms with E-state index in [0.717, 1.165) is 18.3 Å². The summed E-state index contributed by atoms with van der Waals surface area (Å²) in [6.07, 6.45) is -3.52. The Morgan fingerprint density at radius 2 is 1.72 bits per heavy atom. The fourth-order valence-electron chi connectivity index (χ4n) is 5.22. The standard InChI is InChI=1S/C28H28F5N5O5/c1-27(2,3)42-26(40)37-14-20(17-10-18(29)12-19(30)11-17)38(24(39)22(37)15-6-8-41-9-7-15)21-5-4-16(13-34-21)23-35-25(43-36-23)28(31,32)33/h4-5,10-13,15,20,22H,6-9,14H2,1-3H3/t20-,22?/m0/s1. The van der Waals surface area contributed by atoms with Gasteiger partial charge in [0, 0.05) is 37.6 Å². The number of rotatable bonds is 4. The van der Waals surface area contributed by atoms with Crippen LogP contribution in [0.4, 0.5) is 32.6 Å². The zero-order chi connectivity index (χ0) is 31.1. The van der Waals surface area contributed by atoms with E-state index in [-0.39, 0.29) is 35.2 Å². The van der Waals surface area contributed by atoms with Crippen molar-refractivity contribution < 1.29 is 45.5 Å². The molecule has 2 saturated heterocycles. The number of hydrogen-bond donors (Lipinski definition) is 0. The zero-order valence-electron chi connectivity index (χ0n) is 23.4. The van der Waals surface area contributed by atoms with E-state index in [9.17, 15) is 31.5 Å². The molecule has 10 nitrogen and oxygen atoms in total. The van der Waals surface area contributed by atoms with Crippen molar-refractivity contribution in [2.24, 2.45) is 5.92 Å². The Bertz CT molecular complexity index is 1460. The monoisotopic (exact) mass is 609 g/mol. The molecule has 0 N–H and O–H groups in total. The lowest BCUT2D eigenvalue weighted by atomic mass is 9.86. The Labute approximate surface area is 242 Å². The first-order valence-corrected chi connectivity index (χ1v) is 13.4. The van der Waals surface area contributed by atoms with Crippen LogP contribution in [-0.4, -0.2) is 63.4 Å². The molecule has 2 aromatic heterocycles. The molecule has 1 unspecified atom stereocenters. The van der Waals surface area contributed by atoms with Crippen LogP contribution in [0.3, 0.4) is 0 Å². The van der Waals surface area contributed by atoms with Crippen LogP contribution in [0.1, 0.15) is 51.1 Å². The van der Waals surface area contributed by atoms with E-state index in [2.05, 4.69) is 19.6 Å². The third kappa shape index (κ3) is 6.60. The molecule has 4 heterocycles. The van der Waals surface area contributed by atoms with E-state index < -0.39 is 53.4 Å². The molecule has 0 aliphatic carbocycles. The van der Waals surface area contributed by atoms with Crippen LogP contribution < -0.4 is 4.90 Å². The van der Waals surface area contributed by atoms with Crippen molar-refractivity contribution in [1.82, 2.24) is 20.0 Å². The van der Waals surface area contributed by atoms with Crippen LogP contribution in [0, 0.1) is 17.6 Å². The number of ether oxygens (including phenoxy) is 2. The number of benzene rings is 1. The van der Waals surface area contributed by atoms with E-state index in [1.807, 2.05) is 0 Å². The Morgan fingerprint density at radius 1 is 1.05 bits per heavy atom. The van der Waals surface area contributed by atoms with Crippen molar-refractivity contribution in [2.45, 2.75) is 57.5 Å². The lowest BCUT2D eigenvalue weighted by Gasteiger charge is -2.48. The van der Waals surface area contributed by atoms with Crippen LogP contribution in [0.2, 0.25) is 0 Å². The molecule has 43 heavy (non-hydrogen) atoms. The van der Waals surface area contributed by atoms with Gasteiger partial charge in [-0.3, -0.25) is 14.6 Å². The Hall–Kier alpha value is -4.14. The molecule has 0 spiro atoms. The van der Waals surface area contributed by atoms with Crippen molar-refractivity contribution in [3.63, 3.8) is 0 Å². The minimum absolute atomic E-state index is 0.0313. The molecule has 2 fully saturated rings. The molecule has 1 aromatic carbocycles. The van der Waals surface area contributed by atoms with Gasteiger partial charge < -0.3 is 14.0 Å². The van der Waals surface area contributed by atoms with Crippen molar-refractivity contribution in [3.8, 4) is 11.4 Å². The number of aromatic nitrogens is 3. The summed E-state index contributed by atoms with van der Waals surface area (Å²) in [5, 5.41) is 3.34. The smallest absolute Gasteiger partial charge is 0.444 e. The van der Waals surface area contributed by atoms with Crippen LogP contribution in [0.25, 0.3) is 11.4 Å². The summed E-state index contributed by atoms with van der Waals surface area (Å²) >= 11 is 0. The SMILES string of the molecule is CC(C)(C)OC(=O)N1C[C@@H](c2cc(F)cc(F)c2)N(c2ccc(-c3noc(C(F)(F)F)n3)cn2)C(=O)C1C1CCOCC1. The number of carbonyl (C=O) groups is 2. The maximum absolute atomic E-state index is 14.4. The molecule has 2 amide bonds. The maximum atomic E-state index is 14.4. The number of alkyl halides is 3. The highest BCUT2D eigenvalue weighted by molar-refractivity contribution is 6.00. The summed E-state index contributed by atoms with van der Waals surface area (Å²) in [5.41, 5.74) is -0.767. The van der Waals surface area contributed by atoms with E-state index in [4.69, 9.17) is 9.47 Å². The second-order valence-electron chi connectivity index (χ2n) is 11.3. The largest absolute Gasteiger partial charge is 0.471 e. The van der Waals surface area contributed by atoms with Gasteiger partial charge in [-0.05, 0) is 69.4 Å². The predicted octanol–water partition coefficient (Wildman–Crippen LogP) is 5.55. The van der Waals surface area contributed by atoms with Gasteiger partial charge in [-0.2, -0.15) is 18.2 Å². The number of halogens is 5. The van der Waals surface area contributed by atoms with Gasteiger partial charge in [-0.15, -0.1) is 0 Å². The van der Waals surface area contributed by atoms with Crippen molar-refractivity contribution >= 4 is 17.8 Å². The molecule has 2 aliphatic rings. The van der Waals surface area contributed by atoms with E-state index >= 15 is 0 Å². The third-order valence-corrected chi connectivity index (χ3v) is 7.04. The van der Waals surface area contributed by atoms with Crippen molar-refractivity contribution in [2.75, 3.05) is 24.7 Å². The van der Waals surface area contributed by atoms with Gasteiger partial charge in [-0.25, -0.2) is 18.6 Å². The molecular weight excluding hydrogens is 581 g/mol. The molecule has 0 bridgehead atoms. The molecule has 0 saturated carbocycles. The molecule has 2 atom stereocenters. The van der Waals surface area contributed by atoms with Gasteiger partial charge in [0.2, 0.25) is 5.82 Å². The fraction of sp³-hybridized carbons (Fsp3) is 0.464. The number of amides is 2. The van der Waals surface area contributed by atoms with Crippen molar-refractivity contribution in [1.29, 1.82) is 0 Å². The van der Waals surface area contributed by atoms with Gasteiger partial charge in [0.05, 0.1) is 6.04 Å². The first kappa shape index (κ1) is 30.3. The van der Waals surface area contributed by atoms with Crippen LogP contribution in [0.15, 0.2) is 41.1 Å². The highest BCUT2D eigenvalue weighted by atomic mass is 19.4. The molecule has 2 aliphatic heterocycles. The summed E-state index contributed by atoms with van der Waals surface area (Å²) in [5.74, 6) is -4.55. The molecular formula is C28H28F5N5O5. The molecule has 5 rings (SSSR count). The van der Waals surface area contributed by atoms with Gasteiger partial charge in [0.1, 0.15) is 29.1 Å². The third-order valence-electron chi connectivity index (χ3n) is 7.04. The van der Waals surface area contributed by atoms with Gasteiger partial charge in [0.25, 0.3) is 5.91 Å². The van der Waals surface area contributed by atoms with Gasteiger partial charge in [-0.1, -0.05) is 5.16 Å². The summed E-state index contributed by atoms with van der Waals surface area (Å²) in [7, 11) is 0. The van der Waals surface area contributed by atoms with Crippen LogP contribution in [-0.2, 0) is 20.4 Å².